The molecule has 0 saturated carbocycles. The first-order valence-corrected chi connectivity index (χ1v) is 16.8. The van der Waals surface area contributed by atoms with Gasteiger partial charge in [0, 0.05) is 80.3 Å². The first kappa shape index (κ1) is 33.6. The number of aryl methyl sites for hydroxylation is 1. The molecule has 1 atom stereocenters. The molecule has 9 nitrogen and oxygen atoms in total. The predicted octanol–water partition coefficient (Wildman–Crippen LogP) is 7.09. The molecule has 0 unspecified atom stereocenters. The summed E-state index contributed by atoms with van der Waals surface area (Å²) in [4.78, 5) is 29.8. The average molecular weight is 662 g/mol. The van der Waals surface area contributed by atoms with Crippen molar-refractivity contribution in [3.05, 3.63) is 120 Å². The van der Waals surface area contributed by atoms with Gasteiger partial charge in [-0.1, -0.05) is 60.7 Å². The molecule has 1 aliphatic rings. The van der Waals surface area contributed by atoms with Gasteiger partial charge in [-0.05, 0) is 48.4 Å². The Kier molecular flexibility index (Phi) is 10.8. The van der Waals surface area contributed by atoms with Crippen molar-refractivity contribution in [2.45, 2.75) is 31.9 Å². The highest BCUT2D eigenvalue weighted by Crippen LogP contribution is 2.35. The number of carbonyl (C=O) groups is 2. The molecule has 4 aromatic carbocycles. The van der Waals surface area contributed by atoms with E-state index in [-0.39, 0.29) is 18.3 Å². The Morgan fingerprint density at radius 3 is 2.24 bits per heavy atom. The number of hydrogen-bond donors (Lipinski definition) is 1. The van der Waals surface area contributed by atoms with Gasteiger partial charge in [-0.3, -0.25) is 14.5 Å². The third-order valence-electron chi connectivity index (χ3n) is 9.19. The van der Waals surface area contributed by atoms with Gasteiger partial charge in [0.2, 0.25) is 0 Å². The first-order valence-electron chi connectivity index (χ1n) is 16.8. The molecule has 1 saturated heterocycles. The van der Waals surface area contributed by atoms with Crippen molar-refractivity contribution in [1.29, 1.82) is 0 Å². The van der Waals surface area contributed by atoms with E-state index >= 15 is 0 Å². The van der Waals surface area contributed by atoms with Gasteiger partial charge in [0.05, 0.1) is 19.9 Å². The number of fused-ring (bicyclic) bond motifs is 1. The van der Waals surface area contributed by atoms with Crippen molar-refractivity contribution in [3.63, 3.8) is 0 Å². The van der Waals surface area contributed by atoms with Crippen LogP contribution in [0.4, 0.5) is 5.69 Å². The quantitative estimate of drug-likeness (QED) is 0.119. The maximum Gasteiger partial charge on any atom is 0.303 e. The molecule has 1 N–H and O–H groups in total. The second kappa shape index (κ2) is 15.7. The van der Waals surface area contributed by atoms with E-state index in [1.807, 2.05) is 71.4 Å². The van der Waals surface area contributed by atoms with Gasteiger partial charge in [0.25, 0.3) is 0 Å². The van der Waals surface area contributed by atoms with Gasteiger partial charge in [-0.2, -0.15) is 0 Å². The summed E-state index contributed by atoms with van der Waals surface area (Å²) in [5.74, 6) is 0.993. The van der Waals surface area contributed by atoms with Crippen LogP contribution in [0.1, 0.15) is 46.9 Å². The van der Waals surface area contributed by atoms with Crippen LogP contribution in [-0.4, -0.2) is 73.3 Å². The van der Waals surface area contributed by atoms with Gasteiger partial charge >= 0.3 is 5.97 Å². The highest BCUT2D eigenvalue weighted by Gasteiger charge is 2.24. The topological polar surface area (TPSA) is 93.5 Å². The number of ketones is 1. The molecule has 1 fully saturated rings. The fourth-order valence-corrected chi connectivity index (χ4v) is 6.59. The van der Waals surface area contributed by atoms with E-state index in [0.29, 0.717) is 35.6 Å². The van der Waals surface area contributed by atoms with Crippen molar-refractivity contribution >= 4 is 28.3 Å². The van der Waals surface area contributed by atoms with Crippen LogP contribution >= 0.6 is 0 Å². The Balaban J connectivity index is 1.16. The van der Waals surface area contributed by atoms with Crippen LogP contribution in [0.5, 0.6) is 17.2 Å². The van der Waals surface area contributed by atoms with E-state index < -0.39 is 5.97 Å². The number of carbonyl (C=O) groups excluding carboxylic acids is 1. The van der Waals surface area contributed by atoms with Crippen LogP contribution in [-0.2, 0) is 11.3 Å². The SMILES string of the molecule is COc1cc(C(=O)c2cn(CCCC(=O)O)c3ccccc23)ccc1O[C@H](CCN1CCN(c2ccccc2OC)CC1)c1ccccc1. The summed E-state index contributed by atoms with van der Waals surface area (Å²) >= 11 is 0. The Morgan fingerprint density at radius 1 is 0.776 bits per heavy atom. The molecule has 0 spiro atoms. The summed E-state index contributed by atoms with van der Waals surface area (Å²) < 4.78 is 20.0. The van der Waals surface area contributed by atoms with Gasteiger partial charge in [0.15, 0.2) is 17.3 Å². The maximum atomic E-state index is 13.9. The summed E-state index contributed by atoms with van der Waals surface area (Å²) in [6.45, 7) is 5.09. The Bertz CT molecular complexity index is 1880. The number of anilines is 1. The number of ether oxygens (including phenoxy) is 3. The molecule has 0 bridgehead atoms. The lowest BCUT2D eigenvalue weighted by atomic mass is 10.0. The number of piperazine rings is 1. The molecule has 1 aromatic heterocycles. The molecular formula is C40H43N3O6. The van der Waals surface area contributed by atoms with Crippen molar-refractivity contribution in [3.8, 4) is 17.2 Å². The van der Waals surface area contributed by atoms with Crippen LogP contribution in [0, 0.1) is 0 Å². The molecule has 254 valence electrons. The Labute approximate surface area is 287 Å². The molecule has 49 heavy (non-hydrogen) atoms. The van der Waals surface area contributed by atoms with Gasteiger partial charge in [0.1, 0.15) is 11.9 Å². The third-order valence-corrected chi connectivity index (χ3v) is 9.19. The second-order valence-corrected chi connectivity index (χ2v) is 12.3. The number of para-hydroxylation sites is 3. The van der Waals surface area contributed by atoms with Gasteiger partial charge in [-0.25, -0.2) is 0 Å². The lowest BCUT2D eigenvalue weighted by molar-refractivity contribution is -0.137. The van der Waals surface area contributed by atoms with Gasteiger partial charge in [-0.15, -0.1) is 0 Å². The fourth-order valence-electron chi connectivity index (χ4n) is 6.59. The lowest BCUT2D eigenvalue weighted by Crippen LogP contribution is -2.47. The highest BCUT2D eigenvalue weighted by atomic mass is 16.5. The minimum absolute atomic E-state index is 0.0684. The molecule has 6 rings (SSSR count). The van der Waals surface area contributed by atoms with Crippen LogP contribution in [0.25, 0.3) is 10.9 Å². The summed E-state index contributed by atoms with van der Waals surface area (Å²) in [5.41, 5.74) is 4.16. The zero-order chi connectivity index (χ0) is 34.2. The molecule has 0 aliphatic carbocycles. The van der Waals surface area contributed by atoms with Crippen LogP contribution in [0.2, 0.25) is 0 Å². The number of carboxylic acids is 1. The van der Waals surface area contributed by atoms with E-state index in [9.17, 15) is 9.59 Å². The number of methoxy groups -OCH3 is 2. The standard InChI is InChI=1S/C40H43N3O6/c1-47-36-16-9-8-15-34(36)42-25-23-41(24-26-42)22-20-35(29-11-4-3-5-12-29)49-37-19-18-30(27-38(37)48-2)40(46)32-28-43(21-10-17-39(44)45)33-14-7-6-13-31(32)33/h3-9,11-16,18-19,27-28,35H,10,17,20-26H2,1-2H3,(H,44,45)/t35-/m1/s1. The molecule has 0 radical (unpaired) electrons. The average Bonchev–Trinajstić information content (AvgIpc) is 3.51. The summed E-state index contributed by atoms with van der Waals surface area (Å²) in [7, 11) is 3.30. The largest absolute Gasteiger partial charge is 0.495 e. The zero-order valence-electron chi connectivity index (χ0n) is 28.1. The Morgan fingerprint density at radius 2 is 1.49 bits per heavy atom. The summed E-state index contributed by atoms with van der Waals surface area (Å²) in [5, 5.41) is 9.92. The summed E-state index contributed by atoms with van der Waals surface area (Å²) in [6.07, 6.45) is 2.94. The van der Waals surface area contributed by atoms with Crippen LogP contribution in [0.3, 0.4) is 0 Å². The normalized spacial score (nSPS) is 14.0. The lowest BCUT2D eigenvalue weighted by Gasteiger charge is -2.37. The van der Waals surface area contributed by atoms with E-state index in [1.54, 1.807) is 26.4 Å². The number of carboxylic acid groups (broad SMARTS) is 1. The minimum Gasteiger partial charge on any atom is -0.495 e. The molecule has 2 heterocycles. The zero-order valence-corrected chi connectivity index (χ0v) is 28.1. The molecule has 0 amide bonds. The molecular weight excluding hydrogens is 618 g/mol. The van der Waals surface area contributed by atoms with Crippen molar-refractivity contribution in [2.24, 2.45) is 0 Å². The number of nitrogens with zero attached hydrogens (tertiary/aromatic N) is 3. The molecule has 1 aliphatic heterocycles. The second-order valence-electron chi connectivity index (χ2n) is 12.3. The number of aliphatic carboxylic acids is 1. The van der Waals surface area contributed by atoms with Crippen LogP contribution < -0.4 is 19.1 Å². The number of benzene rings is 4. The molecule has 9 heteroatoms. The van der Waals surface area contributed by atoms with E-state index in [0.717, 1.165) is 67.0 Å². The smallest absolute Gasteiger partial charge is 0.303 e. The maximum absolute atomic E-state index is 13.9. The van der Waals surface area contributed by atoms with E-state index in [1.165, 1.54) is 0 Å². The van der Waals surface area contributed by atoms with Gasteiger partial charge < -0.3 is 28.8 Å². The Hall–Kier alpha value is -5.28. The third kappa shape index (κ3) is 7.90. The van der Waals surface area contributed by atoms with Crippen molar-refractivity contribution < 1.29 is 28.9 Å². The number of aromatic nitrogens is 1. The van der Waals surface area contributed by atoms with E-state index in [4.69, 9.17) is 19.3 Å². The van der Waals surface area contributed by atoms with Crippen molar-refractivity contribution in [1.82, 2.24) is 9.47 Å². The number of rotatable bonds is 15. The highest BCUT2D eigenvalue weighted by molar-refractivity contribution is 6.16. The summed E-state index contributed by atoms with van der Waals surface area (Å²) in [6, 6.07) is 31.4. The fraction of sp³-hybridized carbons (Fsp3) is 0.300. The van der Waals surface area contributed by atoms with Crippen LogP contribution in [0.15, 0.2) is 103 Å². The van der Waals surface area contributed by atoms with E-state index in [2.05, 4.69) is 34.1 Å². The molecule has 5 aromatic rings. The first-order chi connectivity index (χ1) is 23.9. The predicted molar refractivity (Wildman–Crippen MR) is 191 cm³/mol. The van der Waals surface area contributed by atoms with Crippen molar-refractivity contribution in [2.75, 3.05) is 51.8 Å². The minimum atomic E-state index is -0.834. The number of hydrogen-bond acceptors (Lipinski definition) is 7. The monoisotopic (exact) mass is 661 g/mol.